The molecule has 1 N–H and O–H groups in total. The van der Waals surface area contributed by atoms with E-state index in [1.807, 2.05) is 58.0 Å². The van der Waals surface area contributed by atoms with Gasteiger partial charge in [-0.15, -0.1) is 0 Å². The van der Waals surface area contributed by atoms with Crippen LogP contribution in [0.5, 0.6) is 5.75 Å². The number of ether oxygens (including phenoxy) is 1. The van der Waals surface area contributed by atoms with Crippen molar-refractivity contribution in [2.75, 3.05) is 6.61 Å². The summed E-state index contributed by atoms with van der Waals surface area (Å²) in [4.78, 5) is 26.5. The molecule has 1 amide bonds. The van der Waals surface area contributed by atoms with Crippen molar-refractivity contribution in [3.8, 4) is 5.75 Å². The van der Waals surface area contributed by atoms with E-state index in [4.69, 9.17) is 4.74 Å². The fourth-order valence-corrected chi connectivity index (χ4v) is 2.56. The number of hydrogen-bond donors (Lipinski definition) is 1. The second-order valence-electron chi connectivity index (χ2n) is 7.23. The maximum atomic E-state index is 12.7. The molecular weight excluding hydrogens is 330 g/mol. The molecule has 0 unspecified atom stereocenters. The molecule has 0 heterocycles. The zero-order valence-electron chi connectivity index (χ0n) is 15.7. The Balaban J connectivity index is 2.07. The van der Waals surface area contributed by atoms with Crippen LogP contribution < -0.4 is 0 Å². The fourth-order valence-electron chi connectivity index (χ4n) is 2.56. The standard InChI is InChI=1S/C21H25NO4/c1-15-10-11-18(23)17(12-15)20(25)26-14-19(24)22(21(2,3)4)13-16-8-6-5-7-9-16/h5-12,23H,13-14H2,1-4H3. The van der Waals surface area contributed by atoms with Crippen LogP contribution in [0, 0.1) is 6.92 Å². The van der Waals surface area contributed by atoms with Gasteiger partial charge in [-0.1, -0.05) is 42.0 Å². The predicted octanol–water partition coefficient (Wildman–Crippen LogP) is 3.68. The molecule has 5 nitrogen and oxygen atoms in total. The van der Waals surface area contributed by atoms with Crippen LogP contribution in [0.2, 0.25) is 0 Å². The van der Waals surface area contributed by atoms with E-state index in [1.54, 1.807) is 11.0 Å². The Morgan fingerprint density at radius 3 is 2.35 bits per heavy atom. The van der Waals surface area contributed by atoms with Crippen molar-refractivity contribution in [3.63, 3.8) is 0 Å². The second-order valence-corrected chi connectivity index (χ2v) is 7.23. The van der Waals surface area contributed by atoms with Gasteiger partial charge in [0.25, 0.3) is 5.91 Å². The van der Waals surface area contributed by atoms with Crippen LogP contribution in [0.3, 0.4) is 0 Å². The normalized spacial score (nSPS) is 11.1. The van der Waals surface area contributed by atoms with Crippen LogP contribution in [0.1, 0.15) is 42.3 Å². The summed E-state index contributed by atoms with van der Waals surface area (Å²) in [6.07, 6.45) is 0. The number of aryl methyl sites for hydroxylation is 1. The molecule has 2 rings (SSSR count). The first-order valence-electron chi connectivity index (χ1n) is 8.49. The lowest BCUT2D eigenvalue weighted by atomic mass is 10.0. The molecule has 26 heavy (non-hydrogen) atoms. The van der Waals surface area contributed by atoms with Gasteiger partial charge in [0.15, 0.2) is 6.61 Å². The molecule has 0 fully saturated rings. The van der Waals surface area contributed by atoms with E-state index in [-0.39, 0.29) is 23.8 Å². The van der Waals surface area contributed by atoms with Crippen molar-refractivity contribution in [2.24, 2.45) is 0 Å². The number of aromatic hydroxyl groups is 1. The maximum absolute atomic E-state index is 12.7. The van der Waals surface area contributed by atoms with E-state index < -0.39 is 11.5 Å². The number of carbonyl (C=O) groups excluding carboxylic acids is 2. The van der Waals surface area contributed by atoms with Crippen molar-refractivity contribution in [2.45, 2.75) is 39.8 Å². The molecular formula is C21H25NO4. The number of nitrogens with zero attached hydrogens (tertiary/aromatic N) is 1. The number of phenolic OH excluding ortho intramolecular Hbond substituents is 1. The van der Waals surface area contributed by atoms with Crippen molar-refractivity contribution < 1.29 is 19.4 Å². The largest absolute Gasteiger partial charge is 0.507 e. The molecule has 0 aliphatic heterocycles. The summed E-state index contributed by atoms with van der Waals surface area (Å²) in [5, 5.41) is 9.81. The molecule has 5 heteroatoms. The third-order valence-electron chi connectivity index (χ3n) is 3.99. The maximum Gasteiger partial charge on any atom is 0.342 e. The van der Waals surface area contributed by atoms with E-state index >= 15 is 0 Å². The molecule has 2 aromatic carbocycles. The van der Waals surface area contributed by atoms with Crippen molar-refractivity contribution >= 4 is 11.9 Å². The van der Waals surface area contributed by atoms with E-state index in [0.29, 0.717) is 6.54 Å². The van der Waals surface area contributed by atoms with E-state index in [1.165, 1.54) is 12.1 Å². The Kier molecular flexibility index (Phi) is 6.03. The van der Waals surface area contributed by atoms with Crippen LogP contribution in [0.15, 0.2) is 48.5 Å². The van der Waals surface area contributed by atoms with Crippen LogP contribution in [-0.4, -0.2) is 34.0 Å². The molecule has 0 aliphatic carbocycles. The fraction of sp³-hybridized carbons (Fsp3) is 0.333. The third-order valence-corrected chi connectivity index (χ3v) is 3.99. The molecule has 2 aromatic rings. The summed E-state index contributed by atoms with van der Waals surface area (Å²) < 4.78 is 5.15. The number of phenols is 1. The zero-order chi connectivity index (χ0) is 19.3. The highest BCUT2D eigenvalue weighted by molar-refractivity contribution is 5.94. The van der Waals surface area contributed by atoms with Gasteiger partial charge in [0.2, 0.25) is 0 Å². The number of rotatable bonds is 5. The first-order chi connectivity index (χ1) is 12.2. The van der Waals surface area contributed by atoms with Gasteiger partial charge in [-0.05, 0) is 45.4 Å². The van der Waals surface area contributed by atoms with E-state index in [9.17, 15) is 14.7 Å². The molecule has 0 saturated carbocycles. The van der Waals surface area contributed by atoms with Gasteiger partial charge < -0.3 is 14.7 Å². The highest BCUT2D eigenvalue weighted by atomic mass is 16.5. The third kappa shape index (κ3) is 5.09. The minimum atomic E-state index is -0.715. The molecule has 138 valence electrons. The number of hydrogen-bond acceptors (Lipinski definition) is 4. The SMILES string of the molecule is Cc1ccc(O)c(C(=O)OCC(=O)N(Cc2ccccc2)C(C)(C)C)c1. The molecule has 0 spiro atoms. The summed E-state index contributed by atoms with van der Waals surface area (Å²) in [6.45, 7) is 7.65. The van der Waals surface area contributed by atoms with Gasteiger partial charge in [0.05, 0.1) is 0 Å². The molecule has 0 aliphatic rings. The summed E-state index contributed by atoms with van der Waals surface area (Å²) in [5.74, 6) is -1.17. The van der Waals surface area contributed by atoms with Crippen molar-refractivity contribution in [1.29, 1.82) is 0 Å². The smallest absolute Gasteiger partial charge is 0.342 e. The van der Waals surface area contributed by atoms with Crippen LogP contribution in [0.25, 0.3) is 0 Å². The summed E-state index contributed by atoms with van der Waals surface area (Å²) in [5.41, 5.74) is 1.45. The number of esters is 1. The molecule has 0 radical (unpaired) electrons. The van der Waals surface area contributed by atoms with E-state index in [2.05, 4.69) is 0 Å². The Hall–Kier alpha value is -2.82. The summed E-state index contributed by atoms with van der Waals surface area (Å²) in [6, 6.07) is 14.3. The average molecular weight is 355 g/mol. The first-order valence-corrected chi connectivity index (χ1v) is 8.49. The average Bonchev–Trinajstić information content (AvgIpc) is 2.59. The van der Waals surface area contributed by atoms with Crippen LogP contribution in [-0.2, 0) is 16.1 Å². The Labute approximate surface area is 154 Å². The molecule has 0 aromatic heterocycles. The van der Waals surface area contributed by atoms with Crippen molar-refractivity contribution in [1.82, 2.24) is 4.90 Å². The Morgan fingerprint density at radius 2 is 1.73 bits per heavy atom. The lowest BCUT2D eigenvalue weighted by Crippen LogP contribution is -2.46. The van der Waals surface area contributed by atoms with Gasteiger partial charge in [0.1, 0.15) is 11.3 Å². The van der Waals surface area contributed by atoms with Gasteiger partial charge in [-0.3, -0.25) is 4.79 Å². The zero-order valence-corrected chi connectivity index (χ0v) is 15.7. The van der Waals surface area contributed by atoms with Gasteiger partial charge in [-0.2, -0.15) is 0 Å². The first kappa shape index (κ1) is 19.5. The molecule has 0 bridgehead atoms. The Morgan fingerprint density at radius 1 is 1.08 bits per heavy atom. The van der Waals surface area contributed by atoms with Gasteiger partial charge >= 0.3 is 5.97 Å². The second kappa shape index (κ2) is 8.04. The number of carbonyl (C=O) groups is 2. The minimum Gasteiger partial charge on any atom is -0.507 e. The Bertz CT molecular complexity index is 778. The number of benzene rings is 2. The number of amides is 1. The lowest BCUT2D eigenvalue weighted by Gasteiger charge is -2.35. The molecule has 0 atom stereocenters. The van der Waals surface area contributed by atoms with Crippen LogP contribution in [0.4, 0.5) is 0 Å². The molecule has 0 saturated heterocycles. The monoisotopic (exact) mass is 355 g/mol. The van der Waals surface area contributed by atoms with Crippen molar-refractivity contribution in [3.05, 3.63) is 65.2 Å². The topological polar surface area (TPSA) is 66.8 Å². The van der Waals surface area contributed by atoms with E-state index in [0.717, 1.165) is 11.1 Å². The van der Waals surface area contributed by atoms with Gasteiger partial charge in [0, 0.05) is 12.1 Å². The summed E-state index contributed by atoms with van der Waals surface area (Å²) in [7, 11) is 0. The van der Waals surface area contributed by atoms with Crippen LogP contribution >= 0.6 is 0 Å². The lowest BCUT2D eigenvalue weighted by molar-refractivity contribution is -0.140. The summed E-state index contributed by atoms with van der Waals surface area (Å²) >= 11 is 0. The minimum absolute atomic E-state index is 0.0585. The predicted molar refractivity (Wildman–Crippen MR) is 99.9 cm³/mol. The quantitative estimate of drug-likeness (QED) is 0.831. The highest BCUT2D eigenvalue weighted by Crippen LogP contribution is 2.20. The highest BCUT2D eigenvalue weighted by Gasteiger charge is 2.27. The van der Waals surface area contributed by atoms with Gasteiger partial charge in [-0.25, -0.2) is 4.79 Å².